The highest BCUT2D eigenvalue weighted by molar-refractivity contribution is 5.96. The van der Waals surface area contributed by atoms with Crippen LogP contribution in [-0.4, -0.2) is 17.9 Å². The van der Waals surface area contributed by atoms with Crippen molar-refractivity contribution in [1.29, 1.82) is 0 Å². The quantitative estimate of drug-likeness (QED) is 0.815. The van der Waals surface area contributed by atoms with Crippen LogP contribution in [-0.2, 0) is 22.6 Å². The van der Waals surface area contributed by atoms with Gasteiger partial charge >= 0.3 is 0 Å². The molecular weight excluding hydrogens is 336 g/mol. The molecular formula is C23H26N2O2. The zero-order valence-corrected chi connectivity index (χ0v) is 15.8. The summed E-state index contributed by atoms with van der Waals surface area (Å²) in [7, 11) is 0. The molecule has 0 radical (unpaired) electrons. The minimum absolute atomic E-state index is 0.0632. The van der Waals surface area contributed by atoms with Crippen molar-refractivity contribution in [2.24, 2.45) is 5.92 Å². The van der Waals surface area contributed by atoms with E-state index in [1.807, 2.05) is 29.2 Å². The first-order valence-electron chi connectivity index (χ1n) is 9.84. The number of aryl methyl sites for hydroxylation is 1. The standard InChI is InChI=1S/C23H26N2O2/c1-16-5-7-17(8-6-16)15-25(23(27)19-9-10-19)21-4-2-3-18(13-21)14-22(26)24-20-11-12-20/h2-8,13,19-20H,9-12,14-15H2,1H3,(H,24,26). The molecule has 0 spiro atoms. The Morgan fingerprint density at radius 1 is 1.00 bits per heavy atom. The monoisotopic (exact) mass is 362 g/mol. The number of carbonyl (C=O) groups excluding carboxylic acids is 2. The van der Waals surface area contributed by atoms with Gasteiger partial charge < -0.3 is 10.2 Å². The van der Waals surface area contributed by atoms with Gasteiger partial charge in [-0.1, -0.05) is 42.0 Å². The van der Waals surface area contributed by atoms with E-state index in [4.69, 9.17) is 0 Å². The molecule has 2 aliphatic carbocycles. The zero-order valence-electron chi connectivity index (χ0n) is 15.8. The molecule has 2 aromatic rings. The number of anilines is 1. The van der Waals surface area contributed by atoms with Crippen LogP contribution in [0, 0.1) is 12.8 Å². The molecule has 4 rings (SSSR count). The highest BCUT2D eigenvalue weighted by atomic mass is 16.2. The van der Waals surface area contributed by atoms with E-state index in [2.05, 4.69) is 36.5 Å². The maximum Gasteiger partial charge on any atom is 0.230 e. The van der Waals surface area contributed by atoms with Crippen LogP contribution in [0.2, 0.25) is 0 Å². The van der Waals surface area contributed by atoms with Crippen molar-refractivity contribution in [3.8, 4) is 0 Å². The van der Waals surface area contributed by atoms with Crippen LogP contribution >= 0.6 is 0 Å². The molecule has 2 fully saturated rings. The highest BCUT2D eigenvalue weighted by Crippen LogP contribution is 2.34. The topological polar surface area (TPSA) is 49.4 Å². The van der Waals surface area contributed by atoms with Gasteiger partial charge in [-0.05, 0) is 55.9 Å². The first-order chi connectivity index (χ1) is 13.1. The van der Waals surface area contributed by atoms with Gasteiger partial charge in [0.25, 0.3) is 0 Å². The van der Waals surface area contributed by atoms with Gasteiger partial charge in [0.05, 0.1) is 13.0 Å². The van der Waals surface area contributed by atoms with E-state index < -0.39 is 0 Å². The van der Waals surface area contributed by atoms with Crippen molar-refractivity contribution in [2.75, 3.05) is 4.90 Å². The fourth-order valence-electron chi connectivity index (χ4n) is 3.25. The number of amides is 2. The lowest BCUT2D eigenvalue weighted by Gasteiger charge is -2.24. The van der Waals surface area contributed by atoms with Crippen LogP contribution < -0.4 is 10.2 Å². The predicted octanol–water partition coefficient (Wildman–Crippen LogP) is 3.76. The SMILES string of the molecule is Cc1ccc(CN(C(=O)C2CC2)c2cccc(CC(=O)NC3CC3)c2)cc1. The summed E-state index contributed by atoms with van der Waals surface area (Å²) in [5, 5.41) is 3.03. The second-order valence-electron chi connectivity index (χ2n) is 7.87. The Kier molecular flexibility index (Phi) is 4.97. The third kappa shape index (κ3) is 4.76. The molecule has 0 unspecified atom stereocenters. The van der Waals surface area contributed by atoms with Gasteiger partial charge in [0.2, 0.25) is 11.8 Å². The summed E-state index contributed by atoms with van der Waals surface area (Å²) in [6.07, 6.45) is 4.50. The molecule has 140 valence electrons. The average molecular weight is 362 g/mol. The summed E-state index contributed by atoms with van der Waals surface area (Å²) < 4.78 is 0. The molecule has 0 heterocycles. The molecule has 2 amide bonds. The molecule has 27 heavy (non-hydrogen) atoms. The van der Waals surface area contributed by atoms with Crippen LogP contribution in [0.3, 0.4) is 0 Å². The molecule has 2 aromatic carbocycles. The highest BCUT2D eigenvalue weighted by Gasteiger charge is 2.34. The van der Waals surface area contributed by atoms with Gasteiger partial charge in [0.1, 0.15) is 0 Å². The first kappa shape index (κ1) is 17.8. The second kappa shape index (κ2) is 7.55. The van der Waals surface area contributed by atoms with Crippen molar-refractivity contribution in [1.82, 2.24) is 5.32 Å². The molecule has 2 saturated carbocycles. The fourth-order valence-corrected chi connectivity index (χ4v) is 3.25. The average Bonchev–Trinajstić information content (AvgIpc) is 3.55. The third-order valence-electron chi connectivity index (χ3n) is 5.18. The minimum Gasteiger partial charge on any atom is -0.353 e. The Morgan fingerprint density at radius 2 is 1.74 bits per heavy atom. The zero-order chi connectivity index (χ0) is 18.8. The number of hydrogen-bond acceptors (Lipinski definition) is 2. The van der Waals surface area contributed by atoms with Crippen LogP contribution in [0.1, 0.15) is 42.4 Å². The second-order valence-corrected chi connectivity index (χ2v) is 7.87. The van der Waals surface area contributed by atoms with Crippen molar-refractivity contribution in [2.45, 2.75) is 51.6 Å². The van der Waals surface area contributed by atoms with Gasteiger partial charge in [-0.2, -0.15) is 0 Å². The first-order valence-corrected chi connectivity index (χ1v) is 9.84. The van der Waals surface area contributed by atoms with Crippen molar-refractivity contribution < 1.29 is 9.59 Å². The number of nitrogens with one attached hydrogen (secondary N) is 1. The number of nitrogens with zero attached hydrogens (tertiary/aromatic N) is 1. The maximum absolute atomic E-state index is 12.9. The molecule has 0 atom stereocenters. The van der Waals surface area contributed by atoms with Gasteiger partial charge in [-0.25, -0.2) is 0 Å². The molecule has 4 heteroatoms. The van der Waals surface area contributed by atoms with E-state index in [9.17, 15) is 9.59 Å². The molecule has 2 aliphatic rings. The van der Waals surface area contributed by atoms with Crippen LogP contribution in [0.15, 0.2) is 48.5 Å². The number of benzene rings is 2. The Morgan fingerprint density at radius 3 is 2.41 bits per heavy atom. The van der Waals surface area contributed by atoms with Crippen molar-refractivity contribution in [3.05, 3.63) is 65.2 Å². The van der Waals surface area contributed by atoms with Gasteiger partial charge in [-0.3, -0.25) is 9.59 Å². The summed E-state index contributed by atoms with van der Waals surface area (Å²) in [5.41, 5.74) is 4.15. The number of carbonyl (C=O) groups is 2. The van der Waals surface area contributed by atoms with Gasteiger partial charge in [-0.15, -0.1) is 0 Å². The van der Waals surface area contributed by atoms with E-state index in [0.717, 1.165) is 42.5 Å². The number of rotatable bonds is 7. The lowest BCUT2D eigenvalue weighted by Crippen LogP contribution is -2.32. The Balaban J connectivity index is 1.53. The van der Waals surface area contributed by atoms with E-state index >= 15 is 0 Å². The third-order valence-corrected chi connectivity index (χ3v) is 5.18. The molecule has 4 nitrogen and oxygen atoms in total. The molecule has 0 aliphatic heterocycles. The summed E-state index contributed by atoms with van der Waals surface area (Å²) in [5.74, 6) is 0.403. The van der Waals surface area contributed by atoms with E-state index in [-0.39, 0.29) is 17.7 Å². The molecule has 0 bridgehead atoms. The van der Waals surface area contributed by atoms with Crippen LogP contribution in [0.25, 0.3) is 0 Å². The summed E-state index contributed by atoms with van der Waals surface area (Å²) in [6, 6.07) is 16.5. The van der Waals surface area contributed by atoms with E-state index in [1.54, 1.807) is 0 Å². The Labute approximate surface area is 160 Å². The molecule has 1 N–H and O–H groups in total. The minimum atomic E-state index is 0.0632. The van der Waals surface area contributed by atoms with Crippen LogP contribution in [0.4, 0.5) is 5.69 Å². The maximum atomic E-state index is 12.9. The molecule has 0 saturated heterocycles. The van der Waals surface area contributed by atoms with Crippen molar-refractivity contribution >= 4 is 17.5 Å². The summed E-state index contributed by atoms with van der Waals surface area (Å²) in [6.45, 7) is 2.63. The van der Waals surface area contributed by atoms with Gasteiger partial charge in [0, 0.05) is 17.6 Å². The summed E-state index contributed by atoms with van der Waals surface area (Å²) in [4.78, 5) is 26.9. The lowest BCUT2D eigenvalue weighted by molar-refractivity contribution is -0.121. The fraction of sp³-hybridized carbons (Fsp3) is 0.391. The molecule has 0 aromatic heterocycles. The summed E-state index contributed by atoms with van der Waals surface area (Å²) >= 11 is 0. The Bertz CT molecular complexity index is 836. The van der Waals surface area contributed by atoms with Crippen molar-refractivity contribution in [3.63, 3.8) is 0 Å². The predicted molar refractivity (Wildman–Crippen MR) is 106 cm³/mol. The lowest BCUT2D eigenvalue weighted by atomic mass is 10.1. The van der Waals surface area contributed by atoms with E-state index in [1.165, 1.54) is 5.56 Å². The van der Waals surface area contributed by atoms with Gasteiger partial charge in [0.15, 0.2) is 0 Å². The van der Waals surface area contributed by atoms with E-state index in [0.29, 0.717) is 19.0 Å². The normalized spacial score (nSPS) is 16.0. The Hall–Kier alpha value is -2.62. The largest absolute Gasteiger partial charge is 0.353 e. The smallest absolute Gasteiger partial charge is 0.230 e. The van der Waals surface area contributed by atoms with Crippen LogP contribution in [0.5, 0.6) is 0 Å². The number of hydrogen-bond donors (Lipinski definition) is 1.